The van der Waals surface area contributed by atoms with Crippen LogP contribution in [0.5, 0.6) is 11.5 Å². The molecule has 4 rings (SSSR count). The number of anilines is 2. The molecule has 0 radical (unpaired) electrons. The molecule has 33 heavy (non-hydrogen) atoms. The van der Waals surface area contributed by atoms with Crippen molar-refractivity contribution in [3.8, 4) is 28.7 Å². The molecule has 3 N–H and O–H groups in total. The lowest BCUT2D eigenvalue weighted by molar-refractivity contribution is -0.125. The monoisotopic (exact) mass is 440 g/mol. The van der Waals surface area contributed by atoms with Crippen LogP contribution >= 0.6 is 0 Å². The number of nitrogens with zero attached hydrogens (tertiary/aromatic N) is 4. The van der Waals surface area contributed by atoms with Crippen molar-refractivity contribution < 1.29 is 9.53 Å². The molecule has 1 aliphatic rings. The minimum absolute atomic E-state index is 0.0332. The van der Waals surface area contributed by atoms with Crippen LogP contribution in [0.2, 0.25) is 0 Å². The van der Waals surface area contributed by atoms with Crippen molar-refractivity contribution in [2.45, 2.75) is 6.42 Å². The van der Waals surface area contributed by atoms with Gasteiger partial charge in [-0.25, -0.2) is 9.97 Å². The highest BCUT2D eigenvalue weighted by Gasteiger charge is 2.27. The molecule has 0 bridgehead atoms. The Morgan fingerprint density at radius 1 is 1.18 bits per heavy atom. The van der Waals surface area contributed by atoms with Gasteiger partial charge in [0.25, 0.3) is 5.91 Å². The third kappa shape index (κ3) is 5.10. The van der Waals surface area contributed by atoms with Crippen molar-refractivity contribution >= 4 is 17.5 Å². The molecular weight excluding hydrogens is 416 g/mol. The molecule has 0 unspecified atom stereocenters. The van der Waals surface area contributed by atoms with E-state index in [0.717, 1.165) is 17.7 Å². The summed E-state index contributed by atoms with van der Waals surface area (Å²) < 4.78 is 5.86. The Hall–Kier alpha value is -4.38. The van der Waals surface area contributed by atoms with E-state index in [2.05, 4.69) is 21.9 Å². The van der Waals surface area contributed by atoms with Crippen molar-refractivity contribution in [1.29, 1.82) is 5.26 Å². The SMILES string of the molecule is C=C(C#N)C(=O)N1CC[C@@H](CNc2ncnc(N)c2-c2ccc(Oc3ccccc3)cc2)C1. The van der Waals surface area contributed by atoms with E-state index in [0.29, 0.717) is 42.6 Å². The zero-order valence-electron chi connectivity index (χ0n) is 18.1. The van der Waals surface area contributed by atoms with Crippen molar-refractivity contribution in [3.63, 3.8) is 0 Å². The molecule has 2 aromatic carbocycles. The summed E-state index contributed by atoms with van der Waals surface area (Å²) in [6.07, 6.45) is 2.26. The number of benzene rings is 2. The lowest BCUT2D eigenvalue weighted by Gasteiger charge is -2.17. The van der Waals surface area contributed by atoms with Gasteiger partial charge in [-0.05, 0) is 42.2 Å². The number of likely N-dealkylation sites (tertiary alicyclic amines) is 1. The molecule has 0 aliphatic carbocycles. The van der Waals surface area contributed by atoms with Gasteiger partial charge in [0, 0.05) is 19.6 Å². The Morgan fingerprint density at radius 3 is 2.64 bits per heavy atom. The average Bonchev–Trinajstić information content (AvgIpc) is 3.32. The minimum atomic E-state index is -0.301. The fourth-order valence-electron chi connectivity index (χ4n) is 3.80. The average molecular weight is 441 g/mol. The molecule has 8 heteroatoms. The predicted molar refractivity (Wildman–Crippen MR) is 126 cm³/mol. The molecule has 1 fully saturated rings. The number of nitrogen functional groups attached to an aromatic ring is 1. The number of hydrogen-bond acceptors (Lipinski definition) is 7. The summed E-state index contributed by atoms with van der Waals surface area (Å²) >= 11 is 0. The molecular formula is C25H24N6O2. The third-order valence-electron chi connectivity index (χ3n) is 5.52. The first-order valence-electron chi connectivity index (χ1n) is 10.6. The first-order chi connectivity index (χ1) is 16.0. The van der Waals surface area contributed by atoms with Gasteiger partial charge in [0.1, 0.15) is 41.1 Å². The number of carbonyl (C=O) groups is 1. The number of nitriles is 1. The Kier molecular flexibility index (Phi) is 6.51. The predicted octanol–water partition coefficient (Wildman–Crippen LogP) is 3.86. The molecule has 2 heterocycles. The number of ether oxygens (including phenoxy) is 1. The van der Waals surface area contributed by atoms with Gasteiger partial charge in [-0.2, -0.15) is 5.26 Å². The maximum atomic E-state index is 12.2. The maximum Gasteiger partial charge on any atom is 0.263 e. The van der Waals surface area contributed by atoms with E-state index in [4.69, 9.17) is 15.7 Å². The molecule has 0 spiro atoms. The second-order valence-corrected chi connectivity index (χ2v) is 7.80. The maximum absolute atomic E-state index is 12.2. The molecule has 1 aromatic heterocycles. The topological polar surface area (TPSA) is 117 Å². The highest BCUT2D eigenvalue weighted by Crippen LogP contribution is 2.33. The van der Waals surface area contributed by atoms with Gasteiger partial charge < -0.3 is 20.7 Å². The zero-order chi connectivity index (χ0) is 23.2. The number of para-hydroxylation sites is 1. The van der Waals surface area contributed by atoms with Gasteiger partial charge in [0.2, 0.25) is 0 Å². The first-order valence-corrected chi connectivity index (χ1v) is 10.6. The fourth-order valence-corrected chi connectivity index (χ4v) is 3.80. The summed E-state index contributed by atoms with van der Waals surface area (Å²) in [6, 6.07) is 19.0. The highest BCUT2D eigenvalue weighted by molar-refractivity contribution is 5.96. The lowest BCUT2D eigenvalue weighted by Crippen LogP contribution is -2.30. The van der Waals surface area contributed by atoms with Crippen LogP contribution in [0.25, 0.3) is 11.1 Å². The Labute approximate surface area is 192 Å². The van der Waals surface area contributed by atoms with Crippen LogP contribution in [0.3, 0.4) is 0 Å². The van der Waals surface area contributed by atoms with E-state index in [1.54, 1.807) is 4.90 Å². The Balaban J connectivity index is 1.44. The summed E-state index contributed by atoms with van der Waals surface area (Å²) in [4.78, 5) is 22.4. The molecule has 1 saturated heterocycles. The number of amides is 1. The van der Waals surface area contributed by atoms with E-state index in [1.165, 1.54) is 6.33 Å². The number of carbonyl (C=O) groups excluding carboxylic acids is 1. The van der Waals surface area contributed by atoms with E-state index < -0.39 is 0 Å². The largest absolute Gasteiger partial charge is 0.457 e. The van der Waals surface area contributed by atoms with Crippen LogP contribution in [0.15, 0.2) is 73.1 Å². The van der Waals surface area contributed by atoms with Crippen molar-refractivity contribution in [2.75, 3.05) is 30.7 Å². The first kappa shape index (κ1) is 21.8. The number of hydrogen-bond donors (Lipinski definition) is 2. The molecule has 8 nitrogen and oxygen atoms in total. The minimum Gasteiger partial charge on any atom is -0.457 e. The van der Waals surface area contributed by atoms with E-state index >= 15 is 0 Å². The summed E-state index contributed by atoms with van der Waals surface area (Å²) in [7, 11) is 0. The van der Waals surface area contributed by atoms with Crippen LogP contribution in [0, 0.1) is 17.2 Å². The van der Waals surface area contributed by atoms with Crippen LogP contribution < -0.4 is 15.8 Å². The van der Waals surface area contributed by atoms with Gasteiger partial charge in [-0.3, -0.25) is 4.79 Å². The molecule has 0 saturated carbocycles. The van der Waals surface area contributed by atoms with Crippen LogP contribution in [-0.4, -0.2) is 40.4 Å². The highest BCUT2D eigenvalue weighted by atomic mass is 16.5. The van der Waals surface area contributed by atoms with Gasteiger partial charge in [0.05, 0.1) is 5.56 Å². The summed E-state index contributed by atoms with van der Waals surface area (Å²) in [5.41, 5.74) is 7.74. The molecule has 166 valence electrons. The standard InChI is InChI=1S/C25H24N6O2/c1-17(13-26)25(32)31-12-11-18(15-31)14-28-24-22(23(27)29-16-30-24)19-7-9-21(10-8-19)33-20-5-3-2-4-6-20/h2-10,16,18H,1,11-12,14-15H2,(H3,27,28,29,30)/t18-/m0/s1. The quantitative estimate of drug-likeness (QED) is 0.423. The zero-order valence-corrected chi connectivity index (χ0v) is 18.1. The van der Waals surface area contributed by atoms with Gasteiger partial charge >= 0.3 is 0 Å². The number of rotatable bonds is 7. The van der Waals surface area contributed by atoms with Crippen molar-refractivity contribution in [1.82, 2.24) is 14.9 Å². The number of aromatic nitrogens is 2. The molecule has 1 atom stereocenters. The van der Waals surface area contributed by atoms with Crippen LogP contribution in [0.1, 0.15) is 6.42 Å². The fraction of sp³-hybridized carbons (Fsp3) is 0.200. The van der Waals surface area contributed by atoms with E-state index in [-0.39, 0.29) is 17.4 Å². The van der Waals surface area contributed by atoms with E-state index in [9.17, 15) is 4.79 Å². The second-order valence-electron chi connectivity index (χ2n) is 7.80. The third-order valence-corrected chi connectivity index (χ3v) is 5.52. The lowest BCUT2D eigenvalue weighted by atomic mass is 10.1. The molecule has 1 amide bonds. The number of nitrogens with one attached hydrogen (secondary N) is 1. The van der Waals surface area contributed by atoms with Gasteiger partial charge in [-0.15, -0.1) is 0 Å². The van der Waals surface area contributed by atoms with E-state index in [1.807, 2.05) is 60.7 Å². The summed E-state index contributed by atoms with van der Waals surface area (Å²) in [5, 5.41) is 12.3. The van der Waals surface area contributed by atoms with Crippen LogP contribution in [0.4, 0.5) is 11.6 Å². The Morgan fingerprint density at radius 2 is 1.91 bits per heavy atom. The van der Waals surface area contributed by atoms with Crippen LogP contribution in [-0.2, 0) is 4.79 Å². The number of nitrogens with two attached hydrogens (primary N) is 1. The normalized spacial score (nSPS) is 15.0. The molecule has 1 aliphatic heterocycles. The summed E-state index contributed by atoms with van der Waals surface area (Å²) in [5.74, 6) is 2.40. The summed E-state index contributed by atoms with van der Waals surface area (Å²) in [6.45, 7) is 5.29. The Bertz CT molecular complexity index is 1190. The van der Waals surface area contributed by atoms with Gasteiger partial charge in [-0.1, -0.05) is 36.9 Å². The van der Waals surface area contributed by atoms with Gasteiger partial charge in [0.15, 0.2) is 0 Å². The van der Waals surface area contributed by atoms with Crippen molar-refractivity contribution in [3.05, 3.63) is 73.1 Å². The smallest absolute Gasteiger partial charge is 0.263 e. The second kappa shape index (κ2) is 9.83. The molecule has 3 aromatic rings. The van der Waals surface area contributed by atoms with Crippen molar-refractivity contribution in [2.24, 2.45) is 5.92 Å².